The number of fused-ring (bicyclic) bond motifs is 3. The molecule has 1 N–H and O–H groups in total. The predicted molar refractivity (Wildman–Crippen MR) is 116 cm³/mol. The molecular weight excluding hydrogens is 374 g/mol. The molecule has 1 aliphatic carbocycles. The van der Waals surface area contributed by atoms with E-state index in [4.69, 9.17) is 0 Å². The molecule has 0 aliphatic heterocycles. The minimum atomic E-state index is -0.248. The van der Waals surface area contributed by atoms with Crippen LogP contribution in [0.2, 0.25) is 0 Å². The topological polar surface area (TPSA) is 63.2 Å². The fourth-order valence-corrected chi connectivity index (χ4v) is 3.98. The number of hydrogen-bond donors (Lipinski definition) is 1. The minimum absolute atomic E-state index is 0.174. The molecule has 1 aliphatic rings. The molecule has 0 saturated heterocycles. The van der Waals surface area contributed by atoms with Crippen LogP contribution >= 0.6 is 0 Å². The summed E-state index contributed by atoms with van der Waals surface area (Å²) in [6.07, 6.45) is 0.174. The third kappa shape index (κ3) is 2.99. The average molecular weight is 391 g/mol. The Morgan fingerprint density at radius 2 is 1.33 bits per heavy atom. The van der Waals surface area contributed by atoms with Crippen LogP contribution in [-0.4, -0.2) is 17.5 Å². The van der Waals surface area contributed by atoms with E-state index in [1.165, 1.54) is 0 Å². The lowest BCUT2D eigenvalue weighted by Gasteiger charge is -2.20. The summed E-state index contributed by atoms with van der Waals surface area (Å²) in [6.45, 7) is 0. The van der Waals surface area contributed by atoms with Gasteiger partial charge in [-0.3, -0.25) is 14.4 Å². The third-order valence-corrected chi connectivity index (χ3v) is 5.41. The number of carbonyl (C=O) groups is 3. The maximum absolute atomic E-state index is 13.1. The highest BCUT2D eigenvalue weighted by atomic mass is 16.2. The lowest BCUT2D eigenvalue weighted by molar-refractivity contribution is -0.115. The van der Waals surface area contributed by atoms with Crippen molar-refractivity contribution in [1.82, 2.24) is 0 Å². The van der Waals surface area contributed by atoms with Crippen LogP contribution in [0.25, 0.3) is 10.8 Å². The van der Waals surface area contributed by atoms with Gasteiger partial charge in [0.15, 0.2) is 11.6 Å². The molecule has 5 rings (SSSR count). The standard InChI is InChI=1S/C26H17NO3/c28-23(15-16-12-13-17-6-1-2-7-18(17)14-16)27-22-11-5-10-21-24(22)26(30)20-9-4-3-8-19(20)25(21)29/h1-14H,15H2,(H,27,28). The molecule has 0 aromatic heterocycles. The molecule has 4 nitrogen and oxygen atoms in total. The second-order valence-electron chi connectivity index (χ2n) is 7.34. The lowest BCUT2D eigenvalue weighted by atomic mass is 9.83. The molecule has 0 atom stereocenters. The molecule has 4 aromatic carbocycles. The Morgan fingerprint density at radius 3 is 2.13 bits per heavy atom. The van der Waals surface area contributed by atoms with Crippen molar-refractivity contribution >= 4 is 33.9 Å². The average Bonchev–Trinajstić information content (AvgIpc) is 2.77. The van der Waals surface area contributed by atoms with E-state index in [-0.39, 0.29) is 29.5 Å². The van der Waals surface area contributed by atoms with Gasteiger partial charge < -0.3 is 5.32 Å². The molecule has 144 valence electrons. The number of rotatable bonds is 3. The SMILES string of the molecule is O=C(Cc1ccc2ccccc2c1)Nc1cccc2c1C(=O)c1ccccc1C2=O. The maximum atomic E-state index is 13.1. The van der Waals surface area contributed by atoms with E-state index < -0.39 is 0 Å². The first-order valence-corrected chi connectivity index (χ1v) is 9.71. The van der Waals surface area contributed by atoms with Crippen LogP contribution in [0, 0.1) is 0 Å². The number of carbonyl (C=O) groups excluding carboxylic acids is 3. The molecule has 1 amide bonds. The van der Waals surface area contributed by atoms with E-state index >= 15 is 0 Å². The van der Waals surface area contributed by atoms with Crippen LogP contribution in [-0.2, 0) is 11.2 Å². The Kier molecular flexibility index (Phi) is 4.25. The van der Waals surface area contributed by atoms with E-state index in [0.29, 0.717) is 22.4 Å². The molecule has 0 saturated carbocycles. The summed E-state index contributed by atoms with van der Waals surface area (Å²) < 4.78 is 0. The molecule has 0 spiro atoms. The Hall–Kier alpha value is -4.05. The first-order chi connectivity index (χ1) is 14.6. The quantitative estimate of drug-likeness (QED) is 0.481. The molecule has 0 radical (unpaired) electrons. The number of amides is 1. The van der Waals surface area contributed by atoms with Crippen LogP contribution in [0.15, 0.2) is 84.9 Å². The lowest BCUT2D eigenvalue weighted by Crippen LogP contribution is -2.24. The zero-order chi connectivity index (χ0) is 20.7. The smallest absolute Gasteiger partial charge is 0.228 e. The third-order valence-electron chi connectivity index (χ3n) is 5.41. The van der Waals surface area contributed by atoms with Gasteiger partial charge in [0.1, 0.15) is 0 Å². The first kappa shape index (κ1) is 18.0. The Morgan fingerprint density at radius 1 is 0.667 bits per heavy atom. The van der Waals surface area contributed by atoms with Gasteiger partial charge in [-0.25, -0.2) is 0 Å². The number of nitrogens with one attached hydrogen (secondary N) is 1. The maximum Gasteiger partial charge on any atom is 0.228 e. The second-order valence-corrected chi connectivity index (χ2v) is 7.34. The van der Waals surface area contributed by atoms with Gasteiger partial charge in [-0.05, 0) is 22.4 Å². The zero-order valence-electron chi connectivity index (χ0n) is 16.0. The van der Waals surface area contributed by atoms with E-state index in [1.807, 2.05) is 42.5 Å². The van der Waals surface area contributed by atoms with Crippen molar-refractivity contribution in [3.63, 3.8) is 0 Å². The van der Waals surface area contributed by atoms with Crippen molar-refractivity contribution < 1.29 is 14.4 Å². The van der Waals surface area contributed by atoms with Gasteiger partial charge in [0.05, 0.1) is 17.7 Å². The van der Waals surface area contributed by atoms with Gasteiger partial charge in [-0.1, -0.05) is 78.9 Å². The summed E-state index contributed by atoms with van der Waals surface area (Å²) in [5, 5.41) is 5.02. The molecule has 0 unspecified atom stereocenters. The van der Waals surface area contributed by atoms with Gasteiger partial charge in [-0.2, -0.15) is 0 Å². The van der Waals surface area contributed by atoms with Crippen molar-refractivity contribution in [2.45, 2.75) is 6.42 Å². The fourth-order valence-electron chi connectivity index (χ4n) is 3.98. The summed E-state index contributed by atoms with van der Waals surface area (Å²) in [4.78, 5) is 38.6. The second kappa shape index (κ2) is 7.08. The highest BCUT2D eigenvalue weighted by Gasteiger charge is 2.31. The van der Waals surface area contributed by atoms with E-state index in [2.05, 4.69) is 5.32 Å². The van der Waals surface area contributed by atoms with Crippen molar-refractivity contribution in [2.24, 2.45) is 0 Å². The normalized spacial score (nSPS) is 12.4. The minimum Gasteiger partial charge on any atom is -0.325 e. The fraction of sp³-hybridized carbons (Fsp3) is 0.0385. The number of benzene rings is 4. The number of anilines is 1. The van der Waals surface area contributed by atoms with Gasteiger partial charge >= 0.3 is 0 Å². The van der Waals surface area contributed by atoms with Gasteiger partial charge in [0, 0.05) is 16.7 Å². The highest BCUT2D eigenvalue weighted by molar-refractivity contribution is 6.30. The van der Waals surface area contributed by atoms with Crippen LogP contribution < -0.4 is 5.32 Å². The molecule has 0 bridgehead atoms. The summed E-state index contributed by atoms with van der Waals surface area (Å²) in [7, 11) is 0. The van der Waals surface area contributed by atoms with Crippen molar-refractivity contribution in [3.05, 3.63) is 113 Å². The summed E-state index contributed by atoms with van der Waals surface area (Å²) >= 11 is 0. The van der Waals surface area contributed by atoms with Gasteiger partial charge in [0.2, 0.25) is 5.91 Å². The molecule has 4 heteroatoms. The summed E-state index contributed by atoms with van der Waals surface area (Å²) in [6, 6.07) is 25.6. The summed E-state index contributed by atoms with van der Waals surface area (Å²) in [5.74, 6) is -0.689. The Bertz CT molecular complexity index is 1350. The van der Waals surface area contributed by atoms with Crippen LogP contribution in [0.5, 0.6) is 0 Å². The van der Waals surface area contributed by atoms with E-state index in [1.54, 1.807) is 42.5 Å². The molecule has 0 heterocycles. The van der Waals surface area contributed by atoms with Crippen molar-refractivity contribution in [1.29, 1.82) is 0 Å². The van der Waals surface area contributed by atoms with Crippen LogP contribution in [0.4, 0.5) is 5.69 Å². The van der Waals surface area contributed by atoms with Gasteiger partial charge in [-0.15, -0.1) is 0 Å². The van der Waals surface area contributed by atoms with E-state index in [0.717, 1.165) is 16.3 Å². The van der Waals surface area contributed by atoms with Crippen LogP contribution in [0.1, 0.15) is 37.4 Å². The van der Waals surface area contributed by atoms with E-state index in [9.17, 15) is 14.4 Å². The Balaban J connectivity index is 1.45. The van der Waals surface area contributed by atoms with Crippen LogP contribution in [0.3, 0.4) is 0 Å². The van der Waals surface area contributed by atoms with Crippen molar-refractivity contribution in [3.8, 4) is 0 Å². The first-order valence-electron chi connectivity index (χ1n) is 9.71. The molecule has 0 fully saturated rings. The summed E-state index contributed by atoms with van der Waals surface area (Å²) in [5.41, 5.74) is 2.59. The Labute approximate surface area is 173 Å². The predicted octanol–water partition coefficient (Wildman–Crippen LogP) is 4.80. The zero-order valence-corrected chi connectivity index (χ0v) is 16.0. The number of hydrogen-bond acceptors (Lipinski definition) is 3. The number of ketones is 2. The monoisotopic (exact) mass is 391 g/mol. The van der Waals surface area contributed by atoms with Crippen molar-refractivity contribution in [2.75, 3.05) is 5.32 Å². The largest absolute Gasteiger partial charge is 0.325 e. The molecule has 30 heavy (non-hydrogen) atoms. The highest BCUT2D eigenvalue weighted by Crippen LogP contribution is 2.32. The molecule has 4 aromatic rings. The molecular formula is C26H17NO3. The van der Waals surface area contributed by atoms with Gasteiger partial charge in [0.25, 0.3) is 0 Å².